The number of aromatic hydroxyl groups is 1. The van der Waals surface area contributed by atoms with Gasteiger partial charge in [-0.15, -0.1) is 11.3 Å². The maximum absolute atomic E-state index is 12.3. The molecule has 19 heavy (non-hydrogen) atoms. The van der Waals surface area contributed by atoms with Gasteiger partial charge in [0.05, 0.1) is 11.2 Å². The molecule has 0 spiro atoms. The van der Waals surface area contributed by atoms with Crippen molar-refractivity contribution in [2.45, 2.75) is 17.7 Å². The van der Waals surface area contributed by atoms with Crippen LogP contribution in [0.25, 0.3) is 0 Å². The van der Waals surface area contributed by atoms with Crippen molar-refractivity contribution in [1.82, 2.24) is 9.29 Å². The zero-order chi connectivity index (χ0) is 14.0. The van der Waals surface area contributed by atoms with E-state index in [1.165, 1.54) is 29.7 Å². The summed E-state index contributed by atoms with van der Waals surface area (Å²) < 4.78 is 26.0. The molecule has 1 aromatic heterocycles. The maximum Gasteiger partial charge on any atom is 0.254 e. The Morgan fingerprint density at radius 3 is 2.47 bits per heavy atom. The lowest BCUT2D eigenvalue weighted by molar-refractivity contribution is 0.465. The van der Waals surface area contributed by atoms with E-state index in [0.717, 1.165) is 21.9 Å². The van der Waals surface area contributed by atoms with Gasteiger partial charge < -0.3 is 5.11 Å². The van der Waals surface area contributed by atoms with Gasteiger partial charge in [0.2, 0.25) is 0 Å². The maximum atomic E-state index is 12.3. The molecule has 0 unspecified atom stereocenters. The Balaban J connectivity index is 2.19. The Bertz CT molecular complexity index is 663. The van der Waals surface area contributed by atoms with Gasteiger partial charge in [-0.1, -0.05) is 12.1 Å². The summed E-state index contributed by atoms with van der Waals surface area (Å²) in [7, 11) is -1.97. The first kappa shape index (κ1) is 14.0. The Morgan fingerprint density at radius 1 is 1.32 bits per heavy atom. The minimum Gasteiger partial charge on any atom is -0.508 e. The van der Waals surface area contributed by atoms with E-state index >= 15 is 0 Å². The summed E-state index contributed by atoms with van der Waals surface area (Å²) >= 11 is 1.16. The van der Waals surface area contributed by atoms with Gasteiger partial charge in [0.25, 0.3) is 10.0 Å². The van der Waals surface area contributed by atoms with Crippen LogP contribution in [0.3, 0.4) is 0 Å². The molecule has 0 saturated heterocycles. The van der Waals surface area contributed by atoms with Gasteiger partial charge >= 0.3 is 0 Å². The molecule has 0 amide bonds. The minimum absolute atomic E-state index is 0.160. The molecule has 0 saturated carbocycles. The number of rotatable bonds is 4. The number of benzene rings is 1. The molecule has 1 heterocycles. The molecular weight excluding hydrogens is 284 g/mol. The van der Waals surface area contributed by atoms with Crippen molar-refractivity contribution in [3.8, 4) is 5.75 Å². The average molecular weight is 298 g/mol. The van der Waals surface area contributed by atoms with Crippen LogP contribution in [0.2, 0.25) is 0 Å². The van der Waals surface area contributed by atoms with Crippen molar-refractivity contribution in [2.75, 3.05) is 7.05 Å². The number of thiazole rings is 1. The van der Waals surface area contributed by atoms with Crippen LogP contribution in [-0.2, 0) is 16.6 Å². The summed E-state index contributed by atoms with van der Waals surface area (Å²) in [5.74, 6) is 0.160. The number of phenolic OH excluding ortho intramolecular Hbond substituents is 1. The number of nitrogens with zero attached hydrogens (tertiary/aromatic N) is 2. The molecule has 0 bridgehead atoms. The van der Waals surface area contributed by atoms with Crippen molar-refractivity contribution < 1.29 is 13.5 Å². The quantitative estimate of drug-likeness (QED) is 0.937. The molecule has 1 aromatic carbocycles. The second kappa shape index (κ2) is 5.28. The molecular formula is C12H14N2O3S2. The highest BCUT2D eigenvalue weighted by molar-refractivity contribution is 7.91. The van der Waals surface area contributed by atoms with Crippen molar-refractivity contribution in [2.24, 2.45) is 0 Å². The molecule has 0 aliphatic carbocycles. The molecule has 2 rings (SSSR count). The van der Waals surface area contributed by atoms with Crippen LogP contribution in [-0.4, -0.2) is 29.9 Å². The SMILES string of the molecule is Cc1ncc(S(=O)(=O)N(C)Cc2ccc(O)cc2)s1. The van der Waals surface area contributed by atoms with Gasteiger partial charge in [-0.05, 0) is 24.6 Å². The fourth-order valence-corrected chi connectivity index (χ4v) is 4.04. The first-order chi connectivity index (χ1) is 8.89. The second-order valence-electron chi connectivity index (χ2n) is 4.13. The highest BCUT2D eigenvalue weighted by Gasteiger charge is 2.23. The highest BCUT2D eigenvalue weighted by atomic mass is 32.2. The van der Waals surface area contributed by atoms with Gasteiger partial charge in [-0.3, -0.25) is 0 Å². The third-order valence-corrected chi connectivity index (χ3v) is 5.76. The number of hydrogen-bond donors (Lipinski definition) is 1. The minimum atomic E-state index is -3.50. The van der Waals surface area contributed by atoms with Gasteiger partial charge in [0.15, 0.2) is 4.21 Å². The largest absolute Gasteiger partial charge is 0.508 e. The summed E-state index contributed by atoms with van der Waals surface area (Å²) in [5, 5.41) is 9.91. The molecule has 102 valence electrons. The van der Waals surface area contributed by atoms with E-state index in [0.29, 0.717) is 0 Å². The summed E-state index contributed by atoms with van der Waals surface area (Å²) in [6.07, 6.45) is 1.38. The lowest BCUT2D eigenvalue weighted by atomic mass is 10.2. The third kappa shape index (κ3) is 3.12. The van der Waals surface area contributed by atoms with Gasteiger partial charge in [0.1, 0.15) is 5.75 Å². The predicted octanol–water partition coefficient (Wildman–Crippen LogP) is 1.98. The topological polar surface area (TPSA) is 70.5 Å². The van der Waals surface area contributed by atoms with Crippen LogP contribution in [0.4, 0.5) is 0 Å². The summed E-state index contributed by atoms with van der Waals surface area (Å²) in [6, 6.07) is 6.46. The summed E-state index contributed by atoms with van der Waals surface area (Å²) in [5.41, 5.74) is 0.810. The molecule has 0 radical (unpaired) electrons. The second-order valence-corrected chi connectivity index (χ2v) is 7.63. The Kier molecular flexibility index (Phi) is 3.88. The fraction of sp³-hybridized carbons (Fsp3) is 0.250. The normalized spacial score (nSPS) is 11.9. The van der Waals surface area contributed by atoms with E-state index in [1.807, 2.05) is 0 Å². The van der Waals surface area contributed by atoms with Crippen molar-refractivity contribution in [3.05, 3.63) is 41.0 Å². The molecule has 5 nitrogen and oxygen atoms in total. The monoisotopic (exact) mass is 298 g/mol. The van der Waals surface area contributed by atoms with Crippen LogP contribution >= 0.6 is 11.3 Å². The van der Waals surface area contributed by atoms with Crippen molar-refractivity contribution in [1.29, 1.82) is 0 Å². The predicted molar refractivity (Wildman–Crippen MR) is 73.6 cm³/mol. The Labute approximate surface area is 116 Å². The number of aromatic nitrogens is 1. The average Bonchev–Trinajstić information content (AvgIpc) is 2.79. The molecule has 7 heteroatoms. The van der Waals surface area contributed by atoms with E-state index in [-0.39, 0.29) is 16.5 Å². The number of phenols is 1. The van der Waals surface area contributed by atoms with Gasteiger partial charge in [0, 0.05) is 13.6 Å². The van der Waals surface area contributed by atoms with Crippen LogP contribution in [0.5, 0.6) is 5.75 Å². The van der Waals surface area contributed by atoms with E-state index in [2.05, 4.69) is 4.98 Å². The van der Waals surface area contributed by atoms with Crippen molar-refractivity contribution >= 4 is 21.4 Å². The lowest BCUT2D eigenvalue weighted by Gasteiger charge is -2.15. The van der Waals surface area contributed by atoms with Crippen LogP contribution in [0.1, 0.15) is 10.6 Å². The first-order valence-corrected chi connectivity index (χ1v) is 7.82. The number of hydrogen-bond acceptors (Lipinski definition) is 5. The summed E-state index contributed by atoms with van der Waals surface area (Å²) in [6.45, 7) is 2.02. The van der Waals surface area contributed by atoms with E-state index in [1.54, 1.807) is 19.1 Å². The van der Waals surface area contributed by atoms with E-state index in [9.17, 15) is 13.5 Å². The number of aryl methyl sites for hydroxylation is 1. The molecule has 1 N–H and O–H groups in total. The molecule has 0 fully saturated rings. The fourth-order valence-electron chi connectivity index (χ4n) is 1.56. The van der Waals surface area contributed by atoms with E-state index in [4.69, 9.17) is 0 Å². The lowest BCUT2D eigenvalue weighted by Crippen LogP contribution is -2.25. The molecule has 2 aromatic rings. The molecule has 0 aliphatic heterocycles. The van der Waals surface area contributed by atoms with Crippen LogP contribution in [0.15, 0.2) is 34.7 Å². The third-order valence-electron chi connectivity index (χ3n) is 2.61. The van der Waals surface area contributed by atoms with Crippen molar-refractivity contribution in [3.63, 3.8) is 0 Å². The first-order valence-electron chi connectivity index (χ1n) is 5.56. The van der Waals surface area contributed by atoms with Gasteiger partial charge in [-0.25, -0.2) is 13.4 Å². The number of sulfonamides is 1. The highest BCUT2D eigenvalue weighted by Crippen LogP contribution is 2.22. The van der Waals surface area contributed by atoms with Gasteiger partial charge in [-0.2, -0.15) is 4.31 Å². The summed E-state index contributed by atoms with van der Waals surface area (Å²) in [4.78, 5) is 3.96. The zero-order valence-electron chi connectivity index (χ0n) is 10.6. The Hall–Kier alpha value is -1.44. The van der Waals surface area contributed by atoms with E-state index < -0.39 is 10.0 Å². The standard InChI is InChI=1S/C12H14N2O3S2/c1-9-13-7-12(18-9)19(16,17)14(2)8-10-3-5-11(15)6-4-10/h3-7,15H,8H2,1-2H3. The zero-order valence-corrected chi connectivity index (χ0v) is 12.2. The van der Waals surface area contributed by atoms with Crippen LogP contribution in [0, 0.1) is 6.92 Å². The Morgan fingerprint density at radius 2 is 1.95 bits per heavy atom. The smallest absolute Gasteiger partial charge is 0.254 e. The molecule has 0 aliphatic rings. The molecule has 0 atom stereocenters. The van der Waals surface area contributed by atoms with Crippen LogP contribution < -0.4 is 0 Å².